The molecular weight excluding hydrogens is 316 g/mol. The first kappa shape index (κ1) is 17.5. The predicted molar refractivity (Wildman–Crippen MR) is 94.5 cm³/mol. The molecule has 0 saturated heterocycles. The Morgan fingerprint density at radius 3 is 2.44 bits per heavy atom. The molecule has 2 atom stereocenters. The first-order valence-electron chi connectivity index (χ1n) is 8.81. The van der Waals surface area contributed by atoms with Gasteiger partial charge in [0, 0.05) is 38.1 Å². The third-order valence-electron chi connectivity index (χ3n) is 4.47. The average Bonchev–Trinajstić information content (AvgIpc) is 3.27. The van der Waals surface area contributed by atoms with E-state index in [2.05, 4.69) is 42.9 Å². The van der Waals surface area contributed by atoms with Crippen LogP contribution in [-0.4, -0.2) is 19.9 Å². The second kappa shape index (κ2) is 7.25. The fourth-order valence-corrected chi connectivity index (χ4v) is 2.85. The van der Waals surface area contributed by atoms with E-state index in [0.717, 1.165) is 35.9 Å². The molecule has 0 aromatic carbocycles. The molecule has 3 rings (SSSR count). The molecule has 2 unspecified atom stereocenters. The summed E-state index contributed by atoms with van der Waals surface area (Å²) in [6, 6.07) is 2.02. The van der Waals surface area contributed by atoms with Crippen molar-refractivity contribution in [3.8, 4) is 0 Å². The molecule has 0 saturated carbocycles. The Morgan fingerprint density at radius 1 is 1.04 bits per heavy atom. The standard InChI is InChI=1S/C19H26N4O2/c1-12(2)18-8-16(25-22-18)7-14(4)19-20-10-17(24-19)6-13(3)15-9-21-23(5)11-15/h8-14H,6-7H2,1-5H3. The second-order valence-electron chi connectivity index (χ2n) is 7.20. The number of hydrogen-bond donors (Lipinski definition) is 0. The fourth-order valence-electron chi connectivity index (χ4n) is 2.85. The lowest BCUT2D eigenvalue weighted by Gasteiger charge is -2.07. The molecule has 3 aromatic rings. The molecule has 3 heterocycles. The van der Waals surface area contributed by atoms with Gasteiger partial charge in [0.1, 0.15) is 11.5 Å². The minimum atomic E-state index is 0.149. The second-order valence-corrected chi connectivity index (χ2v) is 7.20. The number of hydrogen-bond acceptors (Lipinski definition) is 5. The number of aryl methyl sites for hydroxylation is 1. The van der Waals surface area contributed by atoms with Gasteiger partial charge in [-0.05, 0) is 17.4 Å². The summed E-state index contributed by atoms with van der Waals surface area (Å²) in [5.74, 6) is 3.38. The van der Waals surface area contributed by atoms with Gasteiger partial charge in [-0.1, -0.05) is 32.9 Å². The lowest BCUT2D eigenvalue weighted by molar-refractivity contribution is 0.354. The van der Waals surface area contributed by atoms with Crippen molar-refractivity contribution >= 4 is 0 Å². The molecular formula is C19H26N4O2. The van der Waals surface area contributed by atoms with E-state index in [1.165, 1.54) is 5.56 Å². The minimum absolute atomic E-state index is 0.149. The zero-order valence-corrected chi connectivity index (χ0v) is 15.6. The lowest BCUT2D eigenvalue weighted by atomic mass is 10.0. The summed E-state index contributed by atoms with van der Waals surface area (Å²) < 4.78 is 13.2. The molecule has 0 amide bonds. The molecule has 0 aliphatic carbocycles. The first-order chi connectivity index (χ1) is 11.9. The monoisotopic (exact) mass is 342 g/mol. The Morgan fingerprint density at radius 2 is 1.80 bits per heavy atom. The largest absolute Gasteiger partial charge is 0.445 e. The van der Waals surface area contributed by atoms with Crippen molar-refractivity contribution in [1.82, 2.24) is 19.9 Å². The van der Waals surface area contributed by atoms with Crippen molar-refractivity contribution in [2.75, 3.05) is 0 Å². The fraction of sp³-hybridized carbons (Fsp3) is 0.526. The third-order valence-corrected chi connectivity index (χ3v) is 4.47. The van der Waals surface area contributed by atoms with Crippen LogP contribution in [0, 0.1) is 0 Å². The highest BCUT2D eigenvalue weighted by Crippen LogP contribution is 2.25. The number of nitrogens with zero attached hydrogens (tertiary/aromatic N) is 4. The molecule has 6 nitrogen and oxygen atoms in total. The molecule has 0 aliphatic heterocycles. The summed E-state index contributed by atoms with van der Waals surface area (Å²) in [5, 5.41) is 8.34. The highest BCUT2D eigenvalue weighted by molar-refractivity contribution is 5.14. The zero-order valence-electron chi connectivity index (χ0n) is 15.6. The zero-order chi connectivity index (χ0) is 18.0. The maximum absolute atomic E-state index is 5.97. The van der Waals surface area contributed by atoms with Gasteiger partial charge in [-0.2, -0.15) is 5.10 Å². The van der Waals surface area contributed by atoms with E-state index in [1.807, 2.05) is 36.4 Å². The molecule has 0 aliphatic rings. The van der Waals surface area contributed by atoms with Crippen LogP contribution in [0.15, 0.2) is 33.6 Å². The van der Waals surface area contributed by atoms with Crippen LogP contribution in [0.25, 0.3) is 0 Å². The molecule has 25 heavy (non-hydrogen) atoms. The highest BCUT2D eigenvalue weighted by atomic mass is 16.5. The van der Waals surface area contributed by atoms with E-state index < -0.39 is 0 Å². The minimum Gasteiger partial charge on any atom is -0.445 e. The lowest BCUT2D eigenvalue weighted by Crippen LogP contribution is -1.98. The van der Waals surface area contributed by atoms with Gasteiger partial charge in [0.15, 0.2) is 5.89 Å². The molecule has 0 N–H and O–H groups in total. The average molecular weight is 342 g/mol. The topological polar surface area (TPSA) is 69.9 Å². The number of oxazole rings is 1. The predicted octanol–water partition coefficient (Wildman–Crippen LogP) is 4.21. The SMILES string of the molecule is CC(C)c1cc(CC(C)c2ncc(CC(C)c3cnn(C)c3)o2)on1. The van der Waals surface area contributed by atoms with Gasteiger partial charge in [0.2, 0.25) is 0 Å². The van der Waals surface area contributed by atoms with Crippen LogP contribution in [0.4, 0.5) is 0 Å². The molecule has 0 spiro atoms. The van der Waals surface area contributed by atoms with Crippen LogP contribution in [-0.2, 0) is 19.9 Å². The summed E-state index contributed by atoms with van der Waals surface area (Å²) in [4.78, 5) is 4.46. The van der Waals surface area contributed by atoms with Crippen LogP contribution < -0.4 is 0 Å². The van der Waals surface area contributed by atoms with Gasteiger partial charge in [-0.15, -0.1) is 0 Å². The van der Waals surface area contributed by atoms with Crippen LogP contribution in [0.3, 0.4) is 0 Å². The van der Waals surface area contributed by atoms with Gasteiger partial charge >= 0.3 is 0 Å². The molecule has 3 aromatic heterocycles. The Kier molecular flexibility index (Phi) is 5.06. The van der Waals surface area contributed by atoms with Crippen molar-refractivity contribution in [3.63, 3.8) is 0 Å². The summed E-state index contributed by atoms with van der Waals surface area (Å²) in [5.41, 5.74) is 2.19. The molecule has 0 fully saturated rings. The van der Waals surface area contributed by atoms with Crippen molar-refractivity contribution < 1.29 is 8.94 Å². The van der Waals surface area contributed by atoms with Crippen molar-refractivity contribution in [3.05, 3.63) is 53.3 Å². The van der Waals surface area contributed by atoms with E-state index in [0.29, 0.717) is 11.8 Å². The normalized spacial score (nSPS) is 14.2. The molecule has 0 radical (unpaired) electrons. The Hall–Kier alpha value is -2.37. The van der Waals surface area contributed by atoms with Crippen LogP contribution in [0.2, 0.25) is 0 Å². The maximum Gasteiger partial charge on any atom is 0.197 e. The summed E-state index contributed by atoms with van der Waals surface area (Å²) >= 11 is 0. The van der Waals surface area contributed by atoms with E-state index in [1.54, 1.807) is 0 Å². The van der Waals surface area contributed by atoms with Crippen LogP contribution >= 0.6 is 0 Å². The van der Waals surface area contributed by atoms with E-state index in [4.69, 9.17) is 8.94 Å². The highest BCUT2D eigenvalue weighted by Gasteiger charge is 2.18. The van der Waals surface area contributed by atoms with Crippen molar-refractivity contribution in [1.29, 1.82) is 0 Å². The number of aromatic nitrogens is 4. The van der Waals surface area contributed by atoms with Crippen molar-refractivity contribution in [2.45, 2.75) is 58.3 Å². The van der Waals surface area contributed by atoms with Gasteiger partial charge in [-0.25, -0.2) is 4.98 Å². The van der Waals surface area contributed by atoms with Gasteiger partial charge in [0.05, 0.1) is 18.1 Å². The van der Waals surface area contributed by atoms with Crippen LogP contribution in [0.5, 0.6) is 0 Å². The Labute approximate surface area is 148 Å². The first-order valence-corrected chi connectivity index (χ1v) is 8.81. The molecule has 6 heteroatoms. The quantitative estimate of drug-likeness (QED) is 0.643. The Bertz CT molecular complexity index is 815. The van der Waals surface area contributed by atoms with Crippen LogP contribution in [0.1, 0.15) is 74.1 Å². The summed E-state index contributed by atoms with van der Waals surface area (Å²) in [6.07, 6.45) is 7.32. The van der Waals surface area contributed by atoms with Gasteiger partial charge in [-0.3, -0.25) is 4.68 Å². The third kappa shape index (κ3) is 4.18. The van der Waals surface area contributed by atoms with Crippen molar-refractivity contribution in [2.24, 2.45) is 7.05 Å². The molecule has 134 valence electrons. The van der Waals surface area contributed by atoms with E-state index in [9.17, 15) is 0 Å². The smallest absolute Gasteiger partial charge is 0.197 e. The van der Waals surface area contributed by atoms with E-state index >= 15 is 0 Å². The molecule has 0 bridgehead atoms. The van der Waals surface area contributed by atoms with E-state index in [-0.39, 0.29) is 5.92 Å². The Balaban J connectivity index is 1.61. The van der Waals surface area contributed by atoms with Gasteiger partial charge in [0.25, 0.3) is 0 Å². The van der Waals surface area contributed by atoms with Gasteiger partial charge < -0.3 is 8.94 Å². The summed E-state index contributed by atoms with van der Waals surface area (Å²) in [6.45, 7) is 8.48. The number of rotatable bonds is 7. The maximum atomic E-state index is 5.97. The summed E-state index contributed by atoms with van der Waals surface area (Å²) in [7, 11) is 1.93.